The Kier molecular flexibility index (Phi) is 7.33. The molecule has 1 aliphatic rings. The van der Waals surface area contributed by atoms with Gasteiger partial charge in [0.2, 0.25) is 10.0 Å². The van der Waals surface area contributed by atoms with Crippen molar-refractivity contribution in [2.24, 2.45) is 0 Å². The van der Waals surface area contributed by atoms with Crippen molar-refractivity contribution in [1.29, 1.82) is 0 Å². The second-order valence-corrected chi connectivity index (χ2v) is 11.9. The minimum absolute atomic E-state index is 0.00945. The predicted molar refractivity (Wildman–Crippen MR) is 136 cm³/mol. The molecule has 0 saturated carbocycles. The van der Waals surface area contributed by atoms with Crippen LogP contribution in [0.1, 0.15) is 21.8 Å². The quantitative estimate of drug-likeness (QED) is 0.423. The fourth-order valence-corrected chi connectivity index (χ4v) is 6.70. The van der Waals surface area contributed by atoms with Crippen molar-refractivity contribution in [3.05, 3.63) is 68.1 Å². The summed E-state index contributed by atoms with van der Waals surface area (Å²) in [6.45, 7) is 0.460. The third kappa shape index (κ3) is 5.00. The first-order valence-electron chi connectivity index (χ1n) is 10.1. The van der Waals surface area contributed by atoms with Gasteiger partial charge >= 0.3 is 0 Å². The highest BCUT2D eigenvalue weighted by molar-refractivity contribution is 7.89. The van der Waals surface area contributed by atoms with E-state index in [0.29, 0.717) is 32.0 Å². The monoisotopic (exact) mass is 556 g/mol. The van der Waals surface area contributed by atoms with Crippen molar-refractivity contribution >= 4 is 67.6 Å². The van der Waals surface area contributed by atoms with E-state index in [9.17, 15) is 13.2 Å². The average Bonchev–Trinajstić information content (AvgIpc) is 3.30. The number of hydrogen-bond donors (Lipinski definition) is 0. The number of carbonyl (C=O) groups excluding carboxylic acids is 1. The Balaban J connectivity index is 1.53. The molecule has 0 aliphatic carbocycles. The molecule has 34 heavy (non-hydrogen) atoms. The van der Waals surface area contributed by atoms with Crippen molar-refractivity contribution < 1.29 is 13.2 Å². The number of benzene rings is 2. The van der Waals surface area contributed by atoms with Crippen LogP contribution in [0.4, 0.5) is 0 Å². The van der Waals surface area contributed by atoms with Crippen LogP contribution in [0, 0.1) is 0 Å². The fraction of sp³-hybridized carbons (Fsp3) is 0.227. The van der Waals surface area contributed by atoms with E-state index < -0.39 is 10.0 Å². The molecule has 2 aromatic carbocycles. The molecule has 0 spiro atoms. The lowest BCUT2D eigenvalue weighted by Crippen LogP contribution is -2.34. The molecule has 12 heteroatoms. The molecule has 0 radical (unpaired) electrons. The van der Waals surface area contributed by atoms with Crippen LogP contribution in [-0.4, -0.2) is 60.9 Å². The summed E-state index contributed by atoms with van der Waals surface area (Å²) in [5, 5.41) is 10.7. The lowest BCUT2D eigenvalue weighted by molar-refractivity contribution is 0.0828. The van der Waals surface area contributed by atoms with Crippen LogP contribution in [0.3, 0.4) is 0 Å². The maximum atomic E-state index is 13.0. The van der Waals surface area contributed by atoms with Gasteiger partial charge in [-0.1, -0.05) is 58.3 Å². The average molecular weight is 558 g/mol. The minimum Gasteiger partial charge on any atom is -0.345 e. The van der Waals surface area contributed by atoms with Gasteiger partial charge in [0.15, 0.2) is 0 Å². The Labute approximate surface area is 216 Å². The summed E-state index contributed by atoms with van der Waals surface area (Å²) < 4.78 is 27.4. The summed E-state index contributed by atoms with van der Waals surface area (Å²) in [6.07, 6.45) is 2.30. The molecule has 0 atom stereocenters. The molecule has 2 heterocycles. The van der Waals surface area contributed by atoms with Gasteiger partial charge in [-0.05, 0) is 42.3 Å². The highest BCUT2D eigenvalue weighted by atomic mass is 35.5. The number of aromatic nitrogens is 2. The Morgan fingerprint density at radius 1 is 1.03 bits per heavy atom. The standard InChI is InChI=1S/C22H19Cl3N4O3S2/c1-28(2)22(30)16-5-3-14(11-18(16)25)21-27-26-20(33-21)13-7-9-29(10-8-13)34(31,32)19-12-15(23)4-6-17(19)24/h3-7,11-12H,8-10H2,1-2H3. The van der Waals surface area contributed by atoms with Gasteiger partial charge in [-0.25, -0.2) is 8.42 Å². The molecule has 0 N–H and O–H groups in total. The van der Waals surface area contributed by atoms with Crippen LogP contribution in [-0.2, 0) is 10.0 Å². The van der Waals surface area contributed by atoms with Crippen molar-refractivity contribution in [3.63, 3.8) is 0 Å². The summed E-state index contributed by atoms with van der Waals surface area (Å²) in [6, 6.07) is 9.53. The largest absolute Gasteiger partial charge is 0.345 e. The zero-order valence-corrected chi connectivity index (χ0v) is 22.0. The zero-order valence-electron chi connectivity index (χ0n) is 18.1. The Morgan fingerprint density at radius 3 is 2.41 bits per heavy atom. The van der Waals surface area contributed by atoms with Gasteiger partial charge in [-0.3, -0.25) is 4.79 Å². The number of amides is 1. The van der Waals surface area contributed by atoms with E-state index in [1.807, 2.05) is 6.08 Å². The normalized spacial score (nSPS) is 14.7. The molecule has 1 aliphatic heterocycles. The molecular formula is C22H19Cl3N4O3S2. The number of rotatable bonds is 5. The van der Waals surface area contributed by atoms with E-state index in [0.717, 1.165) is 11.1 Å². The van der Waals surface area contributed by atoms with E-state index in [-0.39, 0.29) is 28.9 Å². The van der Waals surface area contributed by atoms with E-state index in [1.165, 1.54) is 32.7 Å². The predicted octanol–water partition coefficient (Wildman–Crippen LogP) is 5.35. The first kappa shape index (κ1) is 25.1. The molecule has 7 nitrogen and oxygen atoms in total. The summed E-state index contributed by atoms with van der Waals surface area (Å²) in [4.78, 5) is 13.6. The SMILES string of the molecule is CN(C)C(=O)c1ccc(-c2nnc(C3=CCN(S(=O)(=O)c4cc(Cl)ccc4Cl)CC3)s2)cc1Cl. The molecule has 0 bridgehead atoms. The highest BCUT2D eigenvalue weighted by Crippen LogP contribution is 2.34. The zero-order chi connectivity index (χ0) is 24.6. The summed E-state index contributed by atoms with van der Waals surface area (Å²) in [7, 11) is -0.458. The number of carbonyl (C=O) groups is 1. The van der Waals surface area contributed by atoms with Crippen LogP contribution in [0.2, 0.25) is 15.1 Å². The lowest BCUT2D eigenvalue weighted by Gasteiger charge is -2.25. The molecule has 0 unspecified atom stereocenters. The summed E-state index contributed by atoms with van der Waals surface area (Å²) >= 11 is 19.8. The van der Waals surface area contributed by atoms with Gasteiger partial charge < -0.3 is 4.90 Å². The number of nitrogens with zero attached hydrogens (tertiary/aromatic N) is 4. The van der Waals surface area contributed by atoms with Crippen LogP contribution < -0.4 is 0 Å². The number of sulfonamides is 1. The smallest absolute Gasteiger partial charge is 0.254 e. The maximum absolute atomic E-state index is 13.0. The molecular weight excluding hydrogens is 539 g/mol. The van der Waals surface area contributed by atoms with Crippen molar-refractivity contribution in [3.8, 4) is 10.6 Å². The van der Waals surface area contributed by atoms with Crippen LogP contribution in [0.5, 0.6) is 0 Å². The van der Waals surface area contributed by atoms with Crippen LogP contribution in [0.25, 0.3) is 16.1 Å². The summed E-state index contributed by atoms with van der Waals surface area (Å²) in [5.74, 6) is -0.180. The number of halogens is 3. The number of hydrogen-bond acceptors (Lipinski definition) is 6. The molecule has 3 aromatic rings. The third-order valence-corrected chi connectivity index (χ3v) is 9.18. The van der Waals surface area contributed by atoms with Gasteiger partial charge in [0.25, 0.3) is 5.91 Å². The minimum atomic E-state index is -3.79. The van der Waals surface area contributed by atoms with Crippen molar-refractivity contribution in [1.82, 2.24) is 19.4 Å². The molecule has 178 valence electrons. The van der Waals surface area contributed by atoms with E-state index in [4.69, 9.17) is 34.8 Å². The van der Waals surface area contributed by atoms with Crippen molar-refractivity contribution in [2.45, 2.75) is 11.3 Å². The van der Waals surface area contributed by atoms with Gasteiger partial charge in [-0.2, -0.15) is 4.31 Å². The second kappa shape index (κ2) is 9.93. The highest BCUT2D eigenvalue weighted by Gasteiger charge is 2.29. The Hall–Kier alpha value is -2.01. The van der Waals surface area contributed by atoms with E-state index in [1.54, 1.807) is 38.4 Å². The first-order chi connectivity index (χ1) is 16.1. The topological polar surface area (TPSA) is 83.5 Å². The molecule has 1 amide bonds. The second-order valence-electron chi connectivity index (χ2n) is 7.72. The Morgan fingerprint density at radius 2 is 1.76 bits per heavy atom. The molecule has 0 saturated heterocycles. The van der Waals surface area contributed by atoms with Gasteiger partial charge in [0.05, 0.1) is 15.6 Å². The molecule has 4 rings (SSSR count). The molecule has 0 fully saturated rings. The first-order valence-corrected chi connectivity index (χ1v) is 13.5. The Bertz CT molecular complexity index is 1400. The van der Waals surface area contributed by atoms with Crippen molar-refractivity contribution in [2.75, 3.05) is 27.2 Å². The van der Waals surface area contributed by atoms with E-state index in [2.05, 4.69) is 10.2 Å². The van der Waals surface area contributed by atoms with Gasteiger partial charge in [0, 0.05) is 37.8 Å². The van der Waals surface area contributed by atoms with Crippen LogP contribution >= 0.6 is 46.1 Å². The third-order valence-electron chi connectivity index (χ3n) is 5.24. The summed E-state index contributed by atoms with van der Waals surface area (Å²) in [5.41, 5.74) is 2.08. The van der Waals surface area contributed by atoms with E-state index >= 15 is 0 Å². The molecule has 1 aromatic heterocycles. The lowest BCUT2D eigenvalue weighted by atomic mass is 10.1. The fourth-order valence-electron chi connectivity index (χ4n) is 3.41. The van der Waals surface area contributed by atoms with Gasteiger partial charge in [0.1, 0.15) is 14.9 Å². The van der Waals surface area contributed by atoms with Gasteiger partial charge in [-0.15, -0.1) is 10.2 Å². The van der Waals surface area contributed by atoms with Crippen LogP contribution in [0.15, 0.2) is 47.4 Å². The maximum Gasteiger partial charge on any atom is 0.254 e.